The minimum absolute atomic E-state index is 0.0680. The van der Waals surface area contributed by atoms with Crippen molar-refractivity contribution < 1.29 is 0 Å². The zero-order valence-corrected chi connectivity index (χ0v) is 11.0. The third-order valence-electron chi connectivity index (χ3n) is 1.80. The van der Waals surface area contributed by atoms with Crippen LogP contribution in [-0.2, 0) is 0 Å². The maximum Gasteiger partial charge on any atom is 0.193 e. The van der Waals surface area contributed by atoms with Crippen molar-refractivity contribution in [3.63, 3.8) is 0 Å². The smallest absolute Gasteiger partial charge is 0.193 e. The molecule has 0 fully saturated rings. The van der Waals surface area contributed by atoms with Crippen LogP contribution in [0, 0.1) is 0 Å². The second-order valence-corrected chi connectivity index (χ2v) is 3.92. The molecule has 0 spiro atoms. The number of rotatable bonds is 3. The number of nitrogens with one attached hydrogen (secondary N) is 2. The second-order valence-electron chi connectivity index (χ2n) is 3.07. The van der Waals surface area contributed by atoms with Crippen molar-refractivity contribution in [2.75, 3.05) is 0 Å². The van der Waals surface area contributed by atoms with Gasteiger partial charge in [0.05, 0.1) is 6.21 Å². The Morgan fingerprint density at radius 2 is 1.89 bits per heavy atom. The van der Waals surface area contributed by atoms with Crippen LogP contribution in [0.1, 0.15) is 5.56 Å². The van der Waals surface area contributed by atoms with Gasteiger partial charge >= 0.3 is 0 Å². The third kappa shape index (κ3) is 4.85. The standard InChI is InChI=1S/C10H12N6S2/c11-9(17)14-10(18)16-13-6-8(15-12)7-4-2-1-3-5-7/h1-6H,12H2,(H4,11,14,16,17,18)/b13-6+,15-8-. The van der Waals surface area contributed by atoms with Gasteiger partial charge < -0.3 is 16.9 Å². The van der Waals surface area contributed by atoms with E-state index in [1.54, 1.807) is 0 Å². The van der Waals surface area contributed by atoms with Gasteiger partial charge in [0.15, 0.2) is 10.2 Å². The molecule has 0 heterocycles. The average molecular weight is 280 g/mol. The lowest BCUT2D eigenvalue weighted by molar-refractivity contribution is 1.02. The highest BCUT2D eigenvalue weighted by molar-refractivity contribution is 7.81. The summed E-state index contributed by atoms with van der Waals surface area (Å²) in [5.41, 5.74) is 9.13. The number of hydrogen-bond donors (Lipinski definition) is 4. The van der Waals surface area contributed by atoms with Gasteiger partial charge in [-0.15, -0.1) is 0 Å². The quantitative estimate of drug-likeness (QED) is 0.270. The zero-order valence-electron chi connectivity index (χ0n) is 9.33. The van der Waals surface area contributed by atoms with Crippen molar-refractivity contribution in [2.45, 2.75) is 0 Å². The summed E-state index contributed by atoms with van der Waals surface area (Å²) in [5, 5.41) is 10.3. The highest BCUT2D eigenvalue weighted by Crippen LogP contribution is 1.98. The largest absolute Gasteiger partial charge is 0.376 e. The van der Waals surface area contributed by atoms with Crippen LogP contribution in [0.2, 0.25) is 0 Å². The van der Waals surface area contributed by atoms with Crippen LogP contribution in [0.4, 0.5) is 0 Å². The molecule has 0 saturated heterocycles. The fraction of sp³-hybridized carbons (Fsp3) is 0. The molecular formula is C10H12N6S2. The zero-order chi connectivity index (χ0) is 13.4. The lowest BCUT2D eigenvalue weighted by atomic mass is 10.1. The monoisotopic (exact) mass is 280 g/mol. The maximum atomic E-state index is 5.28. The Morgan fingerprint density at radius 3 is 2.44 bits per heavy atom. The van der Waals surface area contributed by atoms with E-state index in [-0.39, 0.29) is 10.2 Å². The van der Waals surface area contributed by atoms with Gasteiger partial charge in [-0.1, -0.05) is 30.3 Å². The maximum absolute atomic E-state index is 5.28. The summed E-state index contributed by atoms with van der Waals surface area (Å²) in [6, 6.07) is 9.38. The number of nitrogens with two attached hydrogens (primary N) is 2. The summed E-state index contributed by atoms with van der Waals surface area (Å²) in [6.07, 6.45) is 1.45. The molecule has 0 amide bonds. The molecule has 6 N–H and O–H groups in total. The van der Waals surface area contributed by atoms with E-state index in [0.29, 0.717) is 5.71 Å². The fourth-order valence-electron chi connectivity index (χ4n) is 1.08. The lowest BCUT2D eigenvalue weighted by Gasteiger charge is -2.03. The van der Waals surface area contributed by atoms with Crippen molar-refractivity contribution >= 4 is 46.6 Å². The predicted molar refractivity (Wildman–Crippen MR) is 81.3 cm³/mol. The fourth-order valence-corrected chi connectivity index (χ4v) is 1.41. The van der Waals surface area contributed by atoms with Crippen molar-refractivity contribution in [3.8, 4) is 0 Å². The Kier molecular flexibility index (Phi) is 5.68. The summed E-state index contributed by atoms with van der Waals surface area (Å²) in [6.45, 7) is 0. The molecule has 0 aliphatic rings. The molecule has 1 rings (SSSR count). The number of benzene rings is 1. The normalized spacial score (nSPS) is 11.2. The molecule has 0 aromatic heterocycles. The van der Waals surface area contributed by atoms with Gasteiger partial charge in [0, 0.05) is 5.56 Å². The van der Waals surface area contributed by atoms with Gasteiger partial charge in [-0.3, -0.25) is 5.43 Å². The van der Waals surface area contributed by atoms with Gasteiger partial charge in [-0.2, -0.15) is 10.2 Å². The SMILES string of the molecule is N/N=C(/C=N/NC(=S)NC(N)=S)c1ccccc1. The van der Waals surface area contributed by atoms with Crippen LogP contribution in [-0.4, -0.2) is 22.2 Å². The molecule has 0 radical (unpaired) electrons. The molecule has 94 valence electrons. The van der Waals surface area contributed by atoms with E-state index >= 15 is 0 Å². The Balaban J connectivity index is 2.60. The molecule has 0 aliphatic heterocycles. The molecular weight excluding hydrogens is 268 g/mol. The molecule has 6 nitrogen and oxygen atoms in total. The summed E-state index contributed by atoms with van der Waals surface area (Å²) in [7, 11) is 0. The van der Waals surface area contributed by atoms with Gasteiger partial charge in [-0.05, 0) is 24.4 Å². The first-order valence-corrected chi connectivity index (χ1v) is 5.68. The van der Waals surface area contributed by atoms with Crippen molar-refractivity contribution in [1.29, 1.82) is 0 Å². The van der Waals surface area contributed by atoms with Crippen molar-refractivity contribution in [3.05, 3.63) is 35.9 Å². The van der Waals surface area contributed by atoms with Gasteiger partial charge in [0.25, 0.3) is 0 Å². The average Bonchev–Trinajstić information content (AvgIpc) is 2.35. The highest BCUT2D eigenvalue weighted by atomic mass is 32.1. The molecule has 8 heteroatoms. The van der Waals surface area contributed by atoms with E-state index in [0.717, 1.165) is 5.56 Å². The van der Waals surface area contributed by atoms with Gasteiger partial charge in [0.2, 0.25) is 0 Å². The Morgan fingerprint density at radius 1 is 1.22 bits per heavy atom. The molecule has 0 atom stereocenters. The van der Waals surface area contributed by atoms with Crippen molar-refractivity contribution in [1.82, 2.24) is 10.7 Å². The molecule has 1 aromatic rings. The van der Waals surface area contributed by atoms with Crippen LogP contribution in [0.5, 0.6) is 0 Å². The number of hydrogen-bond acceptors (Lipinski definition) is 5. The van der Waals surface area contributed by atoms with E-state index in [4.69, 9.17) is 23.8 Å². The summed E-state index contributed by atoms with van der Waals surface area (Å²) in [4.78, 5) is 0. The second kappa shape index (κ2) is 7.30. The molecule has 0 unspecified atom stereocenters. The number of nitrogens with zero attached hydrogens (tertiary/aromatic N) is 2. The summed E-state index contributed by atoms with van der Waals surface area (Å²) >= 11 is 9.48. The van der Waals surface area contributed by atoms with Crippen molar-refractivity contribution in [2.24, 2.45) is 21.8 Å². The third-order valence-corrected chi connectivity index (χ3v) is 2.09. The minimum Gasteiger partial charge on any atom is -0.376 e. The lowest BCUT2D eigenvalue weighted by Crippen LogP contribution is -2.40. The molecule has 0 bridgehead atoms. The Labute approximate surface area is 115 Å². The van der Waals surface area contributed by atoms with Gasteiger partial charge in [-0.25, -0.2) is 0 Å². The minimum atomic E-state index is 0.0680. The topological polar surface area (TPSA) is 101 Å². The van der Waals surface area contributed by atoms with E-state index < -0.39 is 0 Å². The number of hydrazone groups is 2. The highest BCUT2D eigenvalue weighted by Gasteiger charge is 1.99. The molecule has 0 saturated carbocycles. The first-order valence-electron chi connectivity index (χ1n) is 4.86. The first-order chi connectivity index (χ1) is 8.63. The van der Waals surface area contributed by atoms with Crippen LogP contribution < -0.4 is 22.3 Å². The molecule has 18 heavy (non-hydrogen) atoms. The summed E-state index contributed by atoms with van der Waals surface area (Å²) in [5.74, 6) is 5.28. The first kappa shape index (κ1) is 14.0. The van der Waals surface area contributed by atoms with E-state index in [9.17, 15) is 0 Å². The molecule has 1 aromatic carbocycles. The predicted octanol–water partition coefficient (Wildman–Crippen LogP) is 0.0429. The van der Waals surface area contributed by atoms with E-state index in [1.165, 1.54) is 6.21 Å². The van der Waals surface area contributed by atoms with E-state index in [1.807, 2.05) is 30.3 Å². The van der Waals surface area contributed by atoms with Gasteiger partial charge in [0.1, 0.15) is 5.71 Å². The van der Waals surface area contributed by atoms with E-state index in [2.05, 4.69) is 33.2 Å². The Bertz CT molecular complexity index is 482. The molecule has 0 aliphatic carbocycles. The van der Waals surface area contributed by atoms with Crippen LogP contribution >= 0.6 is 24.4 Å². The van der Waals surface area contributed by atoms with Crippen LogP contribution in [0.25, 0.3) is 0 Å². The summed E-state index contributed by atoms with van der Waals surface area (Å²) < 4.78 is 0. The van der Waals surface area contributed by atoms with Crippen LogP contribution in [0.15, 0.2) is 40.5 Å². The van der Waals surface area contributed by atoms with Crippen LogP contribution in [0.3, 0.4) is 0 Å². The Hall–Kier alpha value is -2.06. The number of thiocarbonyl (C=S) groups is 2.